The summed E-state index contributed by atoms with van der Waals surface area (Å²) >= 11 is 11.0. The van der Waals surface area contributed by atoms with E-state index in [1.54, 1.807) is 19.4 Å². The number of hydrogen-bond donors (Lipinski definition) is 1. The summed E-state index contributed by atoms with van der Waals surface area (Å²) in [6.07, 6.45) is 1.57. The molecule has 5 nitrogen and oxygen atoms in total. The fourth-order valence-corrected chi connectivity index (χ4v) is 4.08. The molecule has 0 spiro atoms. The molecule has 0 aliphatic heterocycles. The first-order chi connectivity index (χ1) is 15.5. The summed E-state index contributed by atoms with van der Waals surface area (Å²) in [4.78, 5) is 12.0. The SMILES string of the molecule is COc1cc(/C=N\NC(=O)CSCc2ccccc2Cl)ccc1OCc1ccc(Br)cc1. The molecule has 0 aliphatic carbocycles. The Kier molecular flexibility index (Phi) is 9.46. The van der Waals surface area contributed by atoms with Gasteiger partial charge < -0.3 is 9.47 Å². The van der Waals surface area contributed by atoms with Crippen molar-refractivity contribution >= 4 is 51.4 Å². The molecule has 0 atom stereocenters. The number of rotatable bonds is 10. The molecule has 3 rings (SSSR count). The van der Waals surface area contributed by atoms with Crippen molar-refractivity contribution in [2.75, 3.05) is 12.9 Å². The van der Waals surface area contributed by atoms with Gasteiger partial charge in [0.15, 0.2) is 11.5 Å². The molecule has 0 aliphatic rings. The van der Waals surface area contributed by atoms with Gasteiger partial charge in [-0.2, -0.15) is 5.10 Å². The second kappa shape index (κ2) is 12.5. The van der Waals surface area contributed by atoms with E-state index in [4.69, 9.17) is 21.1 Å². The highest BCUT2D eigenvalue weighted by Gasteiger charge is 2.07. The molecule has 3 aromatic carbocycles. The molecule has 3 aromatic rings. The third kappa shape index (κ3) is 7.58. The van der Waals surface area contributed by atoms with Crippen LogP contribution in [-0.4, -0.2) is 25.0 Å². The largest absolute Gasteiger partial charge is 0.493 e. The maximum absolute atomic E-state index is 12.0. The van der Waals surface area contributed by atoms with E-state index in [1.165, 1.54) is 11.8 Å². The first kappa shape index (κ1) is 24.2. The average Bonchev–Trinajstić information content (AvgIpc) is 2.80. The Morgan fingerprint density at radius 1 is 1.12 bits per heavy atom. The van der Waals surface area contributed by atoms with Gasteiger partial charge in [-0.15, -0.1) is 11.8 Å². The summed E-state index contributed by atoms with van der Waals surface area (Å²) in [7, 11) is 1.58. The van der Waals surface area contributed by atoms with E-state index in [0.717, 1.165) is 21.2 Å². The molecular formula is C24H22BrClN2O3S. The Morgan fingerprint density at radius 2 is 1.91 bits per heavy atom. The summed E-state index contributed by atoms with van der Waals surface area (Å²) in [6.45, 7) is 0.430. The number of carbonyl (C=O) groups is 1. The first-order valence-corrected chi connectivity index (χ1v) is 12.1. The molecule has 0 unspecified atom stereocenters. The van der Waals surface area contributed by atoms with Crippen LogP contribution in [0.4, 0.5) is 0 Å². The molecule has 0 saturated heterocycles. The molecule has 0 radical (unpaired) electrons. The lowest BCUT2D eigenvalue weighted by Gasteiger charge is -2.11. The topological polar surface area (TPSA) is 59.9 Å². The van der Waals surface area contributed by atoms with Gasteiger partial charge in [-0.25, -0.2) is 5.43 Å². The minimum absolute atomic E-state index is 0.181. The Bertz CT molecular complexity index is 1080. The number of halogens is 2. The number of nitrogens with one attached hydrogen (secondary N) is 1. The van der Waals surface area contributed by atoms with Crippen LogP contribution in [0.3, 0.4) is 0 Å². The Morgan fingerprint density at radius 3 is 2.66 bits per heavy atom. The van der Waals surface area contributed by atoms with Crippen LogP contribution >= 0.6 is 39.3 Å². The lowest BCUT2D eigenvalue weighted by Crippen LogP contribution is -2.19. The molecule has 32 heavy (non-hydrogen) atoms. The van der Waals surface area contributed by atoms with E-state index in [1.807, 2.05) is 60.7 Å². The highest BCUT2D eigenvalue weighted by Crippen LogP contribution is 2.28. The molecule has 1 amide bonds. The van der Waals surface area contributed by atoms with Crippen molar-refractivity contribution in [1.29, 1.82) is 0 Å². The average molecular weight is 534 g/mol. The van der Waals surface area contributed by atoms with Crippen LogP contribution in [0.1, 0.15) is 16.7 Å². The molecule has 0 aromatic heterocycles. The smallest absolute Gasteiger partial charge is 0.250 e. The van der Waals surface area contributed by atoms with Crippen molar-refractivity contribution in [3.05, 3.63) is 92.9 Å². The molecule has 0 saturated carbocycles. The number of ether oxygens (including phenoxy) is 2. The Hall–Kier alpha value is -2.48. The monoisotopic (exact) mass is 532 g/mol. The van der Waals surface area contributed by atoms with Gasteiger partial charge in [-0.05, 0) is 53.1 Å². The number of nitrogens with zero attached hydrogens (tertiary/aromatic N) is 1. The number of hydrazone groups is 1. The van der Waals surface area contributed by atoms with Crippen molar-refractivity contribution in [2.45, 2.75) is 12.4 Å². The third-order valence-electron chi connectivity index (χ3n) is 4.35. The van der Waals surface area contributed by atoms with Gasteiger partial charge in [0.2, 0.25) is 5.91 Å². The minimum Gasteiger partial charge on any atom is -0.493 e. The summed E-state index contributed by atoms with van der Waals surface area (Å²) in [5.74, 6) is 1.99. The highest BCUT2D eigenvalue weighted by atomic mass is 79.9. The number of methoxy groups -OCH3 is 1. The Labute approximate surface area is 205 Å². The second-order valence-corrected chi connectivity index (χ2v) is 9.01. The normalized spacial score (nSPS) is 10.8. The number of amides is 1. The quantitative estimate of drug-likeness (QED) is 0.254. The highest BCUT2D eigenvalue weighted by molar-refractivity contribution is 9.10. The number of benzene rings is 3. The van der Waals surface area contributed by atoms with E-state index in [0.29, 0.717) is 28.9 Å². The molecular weight excluding hydrogens is 512 g/mol. The van der Waals surface area contributed by atoms with E-state index >= 15 is 0 Å². The number of carbonyl (C=O) groups excluding carboxylic acids is 1. The predicted molar refractivity (Wildman–Crippen MR) is 135 cm³/mol. The van der Waals surface area contributed by atoms with Gasteiger partial charge in [-0.3, -0.25) is 4.79 Å². The number of thioether (sulfide) groups is 1. The van der Waals surface area contributed by atoms with Crippen LogP contribution in [-0.2, 0) is 17.2 Å². The first-order valence-electron chi connectivity index (χ1n) is 9.73. The maximum Gasteiger partial charge on any atom is 0.250 e. The molecule has 0 heterocycles. The van der Waals surface area contributed by atoms with Crippen LogP contribution in [0.2, 0.25) is 5.02 Å². The second-order valence-electron chi connectivity index (χ2n) is 6.70. The zero-order valence-electron chi connectivity index (χ0n) is 17.4. The van der Waals surface area contributed by atoms with Gasteiger partial charge in [0.25, 0.3) is 0 Å². The van der Waals surface area contributed by atoms with Crippen LogP contribution in [0.25, 0.3) is 0 Å². The lowest BCUT2D eigenvalue weighted by atomic mass is 10.2. The maximum atomic E-state index is 12.0. The van der Waals surface area contributed by atoms with Gasteiger partial charge in [0.05, 0.1) is 19.1 Å². The van der Waals surface area contributed by atoms with Gasteiger partial charge in [0.1, 0.15) is 6.61 Å². The van der Waals surface area contributed by atoms with Crippen molar-refractivity contribution in [1.82, 2.24) is 5.43 Å². The van der Waals surface area contributed by atoms with Gasteiger partial charge >= 0.3 is 0 Å². The summed E-state index contributed by atoms with van der Waals surface area (Å²) in [5.41, 5.74) is 5.37. The summed E-state index contributed by atoms with van der Waals surface area (Å²) in [5, 5.41) is 4.73. The third-order valence-corrected chi connectivity index (χ3v) is 6.23. The zero-order chi connectivity index (χ0) is 22.8. The van der Waals surface area contributed by atoms with Gasteiger partial charge in [-0.1, -0.05) is 57.9 Å². The fraction of sp³-hybridized carbons (Fsp3) is 0.167. The summed E-state index contributed by atoms with van der Waals surface area (Å²) < 4.78 is 12.3. The Balaban J connectivity index is 1.48. The van der Waals surface area contributed by atoms with Crippen LogP contribution in [0.15, 0.2) is 76.3 Å². The summed E-state index contributed by atoms with van der Waals surface area (Å²) in [6, 6.07) is 21.0. The molecule has 0 bridgehead atoms. The minimum atomic E-state index is -0.181. The van der Waals surface area contributed by atoms with Crippen molar-refractivity contribution in [2.24, 2.45) is 5.10 Å². The number of hydrogen-bond acceptors (Lipinski definition) is 5. The van der Waals surface area contributed by atoms with Crippen molar-refractivity contribution < 1.29 is 14.3 Å². The molecule has 1 N–H and O–H groups in total. The van der Waals surface area contributed by atoms with Crippen molar-refractivity contribution in [3.63, 3.8) is 0 Å². The zero-order valence-corrected chi connectivity index (χ0v) is 20.5. The van der Waals surface area contributed by atoms with E-state index in [-0.39, 0.29) is 11.7 Å². The van der Waals surface area contributed by atoms with Crippen LogP contribution in [0.5, 0.6) is 11.5 Å². The molecule has 0 fully saturated rings. The lowest BCUT2D eigenvalue weighted by molar-refractivity contribution is -0.118. The fourth-order valence-electron chi connectivity index (χ4n) is 2.71. The predicted octanol–water partition coefficient (Wildman–Crippen LogP) is 6.07. The van der Waals surface area contributed by atoms with E-state index in [2.05, 4.69) is 26.5 Å². The van der Waals surface area contributed by atoms with Crippen LogP contribution in [0, 0.1) is 0 Å². The molecule has 8 heteroatoms. The van der Waals surface area contributed by atoms with E-state index in [9.17, 15) is 4.79 Å². The van der Waals surface area contributed by atoms with Gasteiger partial charge in [0, 0.05) is 15.2 Å². The van der Waals surface area contributed by atoms with Crippen molar-refractivity contribution in [3.8, 4) is 11.5 Å². The molecule has 166 valence electrons. The standard InChI is InChI=1S/C24H22BrClN2O3S/c1-30-23-12-18(8-11-22(23)31-14-17-6-9-20(25)10-7-17)13-27-28-24(29)16-32-15-19-4-2-3-5-21(19)26/h2-13H,14-16H2,1H3,(H,28,29)/b27-13-. The van der Waals surface area contributed by atoms with E-state index < -0.39 is 0 Å². The van der Waals surface area contributed by atoms with Crippen LogP contribution < -0.4 is 14.9 Å².